The van der Waals surface area contributed by atoms with Crippen molar-refractivity contribution >= 4 is 16.6 Å². The first-order valence-corrected chi connectivity index (χ1v) is 11.1. The Bertz CT molecular complexity index is 1540. The molecule has 0 radical (unpaired) electrons. The minimum Gasteiger partial charge on any atom is -0.381 e. The molecule has 0 amide bonds. The fourth-order valence-corrected chi connectivity index (χ4v) is 4.15. The molecule has 1 atom stereocenters. The number of hydrogen-bond donors (Lipinski definition) is 1. The Balaban J connectivity index is 1.67. The summed E-state index contributed by atoms with van der Waals surface area (Å²) in [7, 11) is 0. The van der Waals surface area contributed by atoms with Crippen molar-refractivity contribution in [1.82, 2.24) is 14.8 Å². The molecule has 188 valence electrons. The predicted molar refractivity (Wildman–Crippen MR) is 127 cm³/mol. The topological polar surface area (TPSA) is 42.7 Å². The second kappa shape index (κ2) is 9.61. The maximum atomic E-state index is 15.8. The lowest BCUT2D eigenvalue weighted by Crippen LogP contribution is -2.13. The molecular weight excluding hydrogens is 494 g/mol. The van der Waals surface area contributed by atoms with Gasteiger partial charge in [0.1, 0.15) is 17.2 Å². The van der Waals surface area contributed by atoms with Gasteiger partial charge in [0.05, 0.1) is 16.8 Å². The van der Waals surface area contributed by atoms with Crippen molar-refractivity contribution in [3.63, 3.8) is 0 Å². The predicted octanol–water partition coefficient (Wildman–Crippen LogP) is 7.52. The van der Waals surface area contributed by atoms with E-state index in [2.05, 4.69) is 15.4 Å². The van der Waals surface area contributed by atoms with Crippen molar-refractivity contribution in [2.24, 2.45) is 0 Å². The third kappa shape index (κ3) is 4.74. The lowest BCUT2D eigenvalue weighted by Gasteiger charge is -2.15. The van der Waals surface area contributed by atoms with Gasteiger partial charge < -0.3 is 5.32 Å². The number of halogens is 6. The summed E-state index contributed by atoms with van der Waals surface area (Å²) in [4.78, 5) is 4.04. The summed E-state index contributed by atoms with van der Waals surface area (Å²) in [6.07, 6.45) is -4.00. The number of hydrogen-bond acceptors (Lipinski definition) is 3. The van der Waals surface area contributed by atoms with Crippen LogP contribution in [0.5, 0.6) is 0 Å². The first-order valence-electron chi connectivity index (χ1n) is 11.1. The molecule has 0 aliphatic heterocycles. The molecule has 0 spiro atoms. The second-order valence-electron chi connectivity index (χ2n) is 8.26. The van der Waals surface area contributed by atoms with Gasteiger partial charge in [0.2, 0.25) is 6.30 Å². The monoisotopic (exact) mass is 512 g/mol. The molecule has 0 aliphatic rings. The Morgan fingerprint density at radius 1 is 0.892 bits per heavy atom. The van der Waals surface area contributed by atoms with Gasteiger partial charge in [-0.05, 0) is 42.0 Å². The van der Waals surface area contributed by atoms with Gasteiger partial charge in [0.15, 0.2) is 0 Å². The molecule has 2 aromatic heterocycles. The van der Waals surface area contributed by atoms with Gasteiger partial charge in [-0.15, -0.1) is 0 Å². The van der Waals surface area contributed by atoms with Gasteiger partial charge in [-0.3, -0.25) is 4.98 Å². The third-order valence-corrected chi connectivity index (χ3v) is 5.84. The molecule has 1 N–H and O–H groups in total. The molecule has 0 saturated heterocycles. The van der Waals surface area contributed by atoms with Crippen molar-refractivity contribution < 1.29 is 26.3 Å². The average molecular weight is 512 g/mol. The maximum Gasteiger partial charge on any atom is 0.418 e. The van der Waals surface area contributed by atoms with E-state index < -0.39 is 40.7 Å². The molecule has 5 rings (SSSR count). The highest BCUT2D eigenvalue weighted by Crippen LogP contribution is 2.41. The van der Waals surface area contributed by atoms with Crippen LogP contribution in [0.2, 0.25) is 0 Å². The first-order chi connectivity index (χ1) is 17.7. The standard InChI is InChI=1S/C27H18F6N4/c28-21-10-3-11-22(29)23(21)26(30)37-25(19-8-2-9-20(24(19)36-37)27(31,32)33)17-6-1-7-18(13-17)35-15-16-5-4-12-34-14-16/h1-14,26,35H,15H2. The number of nitrogens with one attached hydrogen (secondary N) is 1. The number of anilines is 1. The molecule has 0 saturated carbocycles. The molecule has 0 aliphatic carbocycles. The van der Waals surface area contributed by atoms with E-state index in [1.807, 2.05) is 6.07 Å². The van der Waals surface area contributed by atoms with E-state index in [0.29, 0.717) is 22.5 Å². The summed E-state index contributed by atoms with van der Waals surface area (Å²) in [5.41, 5.74) is -0.844. The molecule has 4 nitrogen and oxygen atoms in total. The normalized spacial score (nSPS) is 12.6. The zero-order valence-corrected chi connectivity index (χ0v) is 19.0. The van der Waals surface area contributed by atoms with Crippen LogP contribution in [-0.4, -0.2) is 14.8 Å². The molecule has 37 heavy (non-hydrogen) atoms. The summed E-state index contributed by atoms with van der Waals surface area (Å²) in [5.74, 6) is -2.36. The fraction of sp³-hybridized carbons (Fsp3) is 0.111. The van der Waals surface area contributed by atoms with E-state index in [0.717, 1.165) is 29.8 Å². The average Bonchev–Trinajstić information content (AvgIpc) is 3.27. The number of pyridine rings is 1. The van der Waals surface area contributed by atoms with Crippen LogP contribution in [0.4, 0.5) is 32.0 Å². The Labute approximate surface area is 207 Å². The van der Waals surface area contributed by atoms with Gasteiger partial charge >= 0.3 is 6.18 Å². The molecule has 1 unspecified atom stereocenters. The van der Waals surface area contributed by atoms with Crippen LogP contribution in [-0.2, 0) is 12.7 Å². The summed E-state index contributed by atoms with van der Waals surface area (Å²) in [6, 6.07) is 16.4. The summed E-state index contributed by atoms with van der Waals surface area (Å²) >= 11 is 0. The number of fused-ring (bicyclic) bond motifs is 1. The number of benzene rings is 3. The maximum absolute atomic E-state index is 15.8. The van der Waals surface area contributed by atoms with Crippen LogP contribution >= 0.6 is 0 Å². The molecule has 5 aromatic rings. The van der Waals surface area contributed by atoms with Crippen molar-refractivity contribution in [2.75, 3.05) is 5.32 Å². The van der Waals surface area contributed by atoms with Crippen molar-refractivity contribution in [2.45, 2.75) is 19.0 Å². The number of alkyl halides is 4. The van der Waals surface area contributed by atoms with Crippen LogP contribution in [0.15, 0.2) is 85.2 Å². The van der Waals surface area contributed by atoms with Crippen molar-refractivity contribution in [3.05, 3.63) is 114 Å². The van der Waals surface area contributed by atoms with Gasteiger partial charge in [0, 0.05) is 35.6 Å². The minimum absolute atomic E-state index is 0.0152. The zero-order valence-electron chi connectivity index (χ0n) is 19.0. The van der Waals surface area contributed by atoms with Crippen LogP contribution < -0.4 is 5.32 Å². The summed E-state index contributed by atoms with van der Waals surface area (Å²) in [6.45, 7) is 0.404. The summed E-state index contributed by atoms with van der Waals surface area (Å²) in [5, 5.41) is 7.06. The highest BCUT2D eigenvalue weighted by atomic mass is 19.4. The molecule has 0 fully saturated rings. The lowest BCUT2D eigenvalue weighted by atomic mass is 10.0. The minimum atomic E-state index is -4.78. The van der Waals surface area contributed by atoms with E-state index >= 15 is 4.39 Å². The van der Waals surface area contributed by atoms with Gasteiger partial charge in [-0.25, -0.2) is 17.9 Å². The Morgan fingerprint density at radius 3 is 2.32 bits per heavy atom. The Hall–Kier alpha value is -4.34. The largest absolute Gasteiger partial charge is 0.418 e. The molecule has 2 heterocycles. The van der Waals surface area contributed by atoms with Crippen molar-refractivity contribution in [1.29, 1.82) is 0 Å². The first kappa shape index (κ1) is 24.4. The third-order valence-electron chi connectivity index (χ3n) is 5.84. The highest BCUT2D eigenvalue weighted by molar-refractivity contribution is 5.96. The molecular formula is C27H18F6N4. The zero-order chi connectivity index (χ0) is 26.2. The van der Waals surface area contributed by atoms with Gasteiger partial charge in [-0.2, -0.15) is 18.3 Å². The number of rotatable bonds is 6. The fourth-order valence-electron chi connectivity index (χ4n) is 4.15. The van der Waals surface area contributed by atoms with E-state index in [1.165, 1.54) is 12.1 Å². The SMILES string of the molecule is Fc1cccc(F)c1C(F)n1nc2c(C(F)(F)F)cccc2c1-c1cccc(NCc2cccnc2)c1. The quantitative estimate of drug-likeness (QED) is 0.239. The van der Waals surface area contributed by atoms with Crippen molar-refractivity contribution in [3.8, 4) is 11.3 Å². The van der Waals surface area contributed by atoms with E-state index in [1.54, 1.807) is 42.7 Å². The van der Waals surface area contributed by atoms with Crippen LogP contribution in [0.3, 0.4) is 0 Å². The smallest absolute Gasteiger partial charge is 0.381 e. The van der Waals surface area contributed by atoms with E-state index in [9.17, 15) is 22.0 Å². The summed E-state index contributed by atoms with van der Waals surface area (Å²) < 4.78 is 86.6. The highest BCUT2D eigenvalue weighted by Gasteiger charge is 2.36. The van der Waals surface area contributed by atoms with Gasteiger partial charge in [-0.1, -0.05) is 36.4 Å². The molecule has 10 heteroatoms. The molecule has 0 bridgehead atoms. The molecule has 3 aromatic carbocycles. The van der Waals surface area contributed by atoms with Crippen LogP contribution in [0.1, 0.15) is 23.0 Å². The van der Waals surface area contributed by atoms with Gasteiger partial charge in [0.25, 0.3) is 0 Å². The lowest BCUT2D eigenvalue weighted by molar-refractivity contribution is -0.136. The Morgan fingerprint density at radius 2 is 1.62 bits per heavy atom. The van der Waals surface area contributed by atoms with E-state index in [4.69, 9.17) is 0 Å². The Kier molecular flexibility index (Phi) is 6.32. The van der Waals surface area contributed by atoms with E-state index in [-0.39, 0.29) is 11.1 Å². The number of nitrogens with zero attached hydrogens (tertiary/aromatic N) is 3. The second-order valence-corrected chi connectivity index (χ2v) is 8.26. The van der Waals surface area contributed by atoms with Crippen LogP contribution in [0, 0.1) is 11.6 Å². The van der Waals surface area contributed by atoms with Crippen LogP contribution in [0.25, 0.3) is 22.2 Å². The number of aromatic nitrogens is 3.